The maximum atomic E-state index is 12.1. The van der Waals surface area contributed by atoms with Crippen LogP contribution in [0, 0.1) is 5.92 Å². The van der Waals surface area contributed by atoms with E-state index in [1.54, 1.807) is 0 Å². The van der Waals surface area contributed by atoms with Crippen LogP contribution in [0.5, 0.6) is 0 Å². The number of carbonyl (C=O) groups excluding carboxylic acids is 1. The van der Waals surface area contributed by atoms with Crippen LogP contribution in [0.25, 0.3) is 11.0 Å². The number of hydrogen-bond donors (Lipinski definition) is 1. The topological polar surface area (TPSA) is 58.4 Å². The largest absolute Gasteiger partial charge is 0.356 e. The van der Waals surface area contributed by atoms with Gasteiger partial charge in [-0.3, -0.25) is 4.79 Å². The molecule has 1 aromatic carbocycles. The third-order valence-electron chi connectivity index (χ3n) is 4.49. The lowest BCUT2D eigenvalue weighted by atomic mass is 10.0. The molecule has 2 heterocycles. The number of nitrogens with zero attached hydrogens (tertiary/aromatic N) is 2. The van der Waals surface area contributed by atoms with E-state index in [-0.39, 0.29) is 12.3 Å². The fourth-order valence-corrected chi connectivity index (χ4v) is 3.30. The number of aromatic nitrogens is 1. The quantitative estimate of drug-likeness (QED) is 0.833. The predicted octanol–water partition coefficient (Wildman–Crippen LogP) is 2.61. The number of para-hydroxylation sites is 1. The molecule has 124 valence electrons. The Bertz CT molecular complexity index is 653. The van der Waals surface area contributed by atoms with Gasteiger partial charge in [0, 0.05) is 18.5 Å². The number of hydrogen-bond acceptors (Lipinski definition) is 4. The average molecular weight is 315 g/mol. The van der Waals surface area contributed by atoms with E-state index < -0.39 is 0 Å². The van der Waals surface area contributed by atoms with Crippen molar-refractivity contribution in [3.63, 3.8) is 0 Å². The van der Waals surface area contributed by atoms with Crippen LogP contribution < -0.4 is 5.32 Å². The summed E-state index contributed by atoms with van der Waals surface area (Å²) in [7, 11) is 0. The summed E-state index contributed by atoms with van der Waals surface area (Å²) in [6.45, 7) is 6.50. The Morgan fingerprint density at radius 3 is 3.17 bits per heavy atom. The first kappa shape index (κ1) is 16.0. The monoisotopic (exact) mass is 315 g/mol. The standard InChI is InChI=1S/C18H25N3O2/c1-14-6-4-10-21(13-14)11-5-9-19-18(22)12-16-15-7-2-3-8-17(15)23-20-16/h2-3,7-8,14H,4-6,9-13H2,1H3,(H,19,22). The Balaban J connectivity index is 1.40. The van der Waals surface area contributed by atoms with Crippen molar-refractivity contribution >= 4 is 16.9 Å². The number of piperidine rings is 1. The molecule has 2 aromatic rings. The van der Waals surface area contributed by atoms with E-state index in [2.05, 4.69) is 22.3 Å². The van der Waals surface area contributed by atoms with Crippen molar-refractivity contribution in [2.24, 2.45) is 5.92 Å². The first-order chi connectivity index (χ1) is 11.2. The van der Waals surface area contributed by atoms with Gasteiger partial charge in [-0.2, -0.15) is 0 Å². The van der Waals surface area contributed by atoms with Gasteiger partial charge in [-0.1, -0.05) is 24.2 Å². The van der Waals surface area contributed by atoms with Crippen LogP contribution in [-0.4, -0.2) is 42.1 Å². The summed E-state index contributed by atoms with van der Waals surface area (Å²) in [6, 6.07) is 7.63. The number of fused-ring (bicyclic) bond motifs is 1. The Morgan fingerprint density at radius 1 is 1.43 bits per heavy atom. The van der Waals surface area contributed by atoms with Gasteiger partial charge in [0.2, 0.25) is 5.91 Å². The van der Waals surface area contributed by atoms with Crippen molar-refractivity contribution in [2.45, 2.75) is 32.6 Å². The zero-order chi connectivity index (χ0) is 16.1. The molecule has 0 bridgehead atoms. The Labute approximate surface area is 137 Å². The summed E-state index contributed by atoms with van der Waals surface area (Å²) in [4.78, 5) is 14.6. The molecule has 1 unspecified atom stereocenters. The highest BCUT2D eigenvalue weighted by atomic mass is 16.5. The zero-order valence-corrected chi connectivity index (χ0v) is 13.8. The predicted molar refractivity (Wildman–Crippen MR) is 90.2 cm³/mol. The highest BCUT2D eigenvalue weighted by Crippen LogP contribution is 2.18. The molecule has 0 spiro atoms. The first-order valence-electron chi connectivity index (χ1n) is 8.54. The fourth-order valence-electron chi connectivity index (χ4n) is 3.30. The van der Waals surface area contributed by atoms with E-state index >= 15 is 0 Å². The second-order valence-corrected chi connectivity index (χ2v) is 6.55. The van der Waals surface area contributed by atoms with Gasteiger partial charge in [-0.05, 0) is 50.4 Å². The smallest absolute Gasteiger partial charge is 0.226 e. The SMILES string of the molecule is CC1CCCN(CCCNC(=O)Cc2noc3ccccc23)C1. The van der Waals surface area contributed by atoms with Crippen molar-refractivity contribution in [2.75, 3.05) is 26.2 Å². The summed E-state index contributed by atoms with van der Waals surface area (Å²) in [5.74, 6) is 0.815. The van der Waals surface area contributed by atoms with E-state index in [1.165, 1.54) is 25.9 Å². The molecule has 0 radical (unpaired) electrons. The minimum absolute atomic E-state index is 0.0102. The fraction of sp³-hybridized carbons (Fsp3) is 0.556. The second-order valence-electron chi connectivity index (χ2n) is 6.55. The van der Waals surface area contributed by atoms with E-state index in [9.17, 15) is 4.79 Å². The molecule has 1 aliphatic rings. The summed E-state index contributed by atoms with van der Waals surface area (Å²) in [5, 5.41) is 7.91. The van der Waals surface area contributed by atoms with Crippen LogP contribution in [0.3, 0.4) is 0 Å². The number of benzene rings is 1. The molecule has 1 aliphatic heterocycles. The van der Waals surface area contributed by atoms with Gasteiger partial charge < -0.3 is 14.7 Å². The molecule has 1 N–H and O–H groups in total. The van der Waals surface area contributed by atoms with E-state index in [0.717, 1.165) is 36.4 Å². The summed E-state index contributed by atoms with van der Waals surface area (Å²) in [5.41, 5.74) is 1.44. The Hall–Kier alpha value is -1.88. The van der Waals surface area contributed by atoms with E-state index in [4.69, 9.17) is 4.52 Å². The van der Waals surface area contributed by atoms with Gasteiger partial charge in [-0.15, -0.1) is 0 Å². The molecule has 1 saturated heterocycles. The Morgan fingerprint density at radius 2 is 2.30 bits per heavy atom. The molecule has 0 saturated carbocycles. The molecule has 3 rings (SSSR count). The summed E-state index contributed by atoms with van der Waals surface area (Å²) >= 11 is 0. The maximum absolute atomic E-state index is 12.1. The van der Waals surface area contributed by atoms with Crippen LogP contribution in [0.4, 0.5) is 0 Å². The molecule has 1 atom stereocenters. The highest BCUT2D eigenvalue weighted by molar-refractivity contribution is 5.86. The minimum Gasteiger partial charge on any atom is -0.356 e. The van der Waals surface area contributed by atoms with Crippen molar-refractivity contribution in [1.82, 2.24) is 15.4 Å². The summed E-state index contributed by atoms with van der Waals surface area (Å²) < 4.78 is 5.23. The minimum atomic E-state index is 0.0102. The van der Waals surface area contributed by atoms with Crippen LogP contribution in [0.1, 0.15) is 31.9 Å². The van der Waals surface area contributed by atoms with E-state index in [1.807, 2.05) is 24.3 Å². The van der Waals surface area contributed by atoms with Gasteiger partial charge >= 0.3 is 0 Å². The molecule has 1 aromatic heterocycles. The van der Waals surface area contributed by atoms with Crippen LogP contribution in [0.2, 0.25) is 0 Å². The molecule has 5 nitrogen and oxygen atoms in total. The lowest BCUT2D eigenvalue weighted by Gasteiger charge is -2.30. The van der Waals surface area contributed by atoms with Crippen LogP contribution >= 0.6 is 0 Å². The maximum Gasteiger partial charge on any atom is 0.226 e. The second kappa shape index (κ2) is 7.59. The lowest BCUT2D eigenvalue weighted by molar-refractivity contribution is -0.120. The van der Waals surface area contributed by atoms with Crippen molar-refractivity contribution < 1.29 is 9.32 Å². The molecule has 0 aliphatic carbocycles. The zero-order valence-electron chi connectivity index (χ0n) is 13.8. The van der Waals surface area contributed by atoms with Gasteiger partial charge in [0.25, 0.3) is 0 Å². The lowest BCUT2D eigenvalue weighted by Crippen LogP contribution is -2.36. The van der Waals surface area contributed by atoms with Gasteiger partial charge in [0.05, 0.1) is 6.42 Å². The first-order valence-corrected chi connectivity index (χ1v) is 8.54. The van der Waals surface area contributed by atoms with Crippen LogP contribution in [-0.2, 0) is 11.2 Å². The molecular weight excluding hydrogens is 290 g/mol. The molecular formula is C18H25N3O2. The van der Waals surface area contributed by atoms with Gasteiger partial charge in [0.1, 0.15) is 5.69 Å². The highest BCUT2D eigenvalue weighted by Gasteiger charge is 2.16. The summed E-state index contributed by atoms with van der Waals surface area (Å²) in [6.07, 6.45) is 3.92. The molecule has 5 heteroatoms. The number of likely N-dealkylation sites (tertiary alicyclic amines) is 1. The third-order valence-corrected chi connectivity index (χ3v) is 4.49. The molecule has 1 amide bonds. The molecule has 1 fully saturated rings. The number of carbonyl (C=O) groups is 1. The van der Waals surface area contributed by atoms with Gasteiger partial charge in [-0.25, -0.2) is 0 Å². The molecule has 23 heavy (non-hydrogen) atoms. The van der Waals surface area contributed by atoms with E-state index in [0.29, 0.717) is 5.69 Å². The van der Waals surface area contributed by atoms with Crippen molar-refractivity contribution in [3.8, 4) is 0 Å². The number of nitrogens with one attached hydrogen (secondary N) is 1. The van der Waals surface area contributed by atoms with Crippen molar-refractivity contribution in [3.05, 3.63) is 30.0 Å². The number of amides is 1. The third kappa shape index (κ3) is 4.32. The normalized spacial score (nSPS) is 19.1. The van der Waals surface area contributed by atoms with Gasteiger partial charge in [0.15, 0.2) is 5.58 Å². The number of rotatable bonds is 6. The average Bonchev–Trinajstić information content (AvgIpc) is 2.95. The van der Waals surface area contributed by atoms with Crippen molar-refractivity contribution in [1.29, 1.82) is 0 Å². The van der Waals surface area contributed by atoms with Crippen LogP contribution in [0.15, 0.2) is 28.8 Å². The Kier molecular flexibility index (Phi) is 5.28.